The van der Waals surface area contributed by atoms with E-state index >= 15 is 0 Å². The number of carbonyl (C=O) groups is 2. The fourth-order valence-corrected chi connectivity index (χ4v) is 3.36. The van der Waals surface area contributed by atoms with Gasteiger partial charge in [-0.15, -0.1) is 0 Å². The van der Waals surface area contributed by atoms with Crippen LogP contribution in [0.4, 0.5) is 0 Å². The summed E-state index contributed by atoms with van der Waals surface area (Å²) >= 11 is 0. The van der Waals surface area contributed by atoms with Gasteiger partial charge >= 0.3 is 0 Å². The smallest absolute Gasteiger partial charge is 0.249 e. The summed E-state index contributed by atoms with van der Waals surface area (Å²) in [7, 11) is 0. The zero-order valence-corrected chi connectivity index (χ0v) is 13.1. The molecular weight excluding hydrogens is 268 g/mol. The molecule has 2 fully saturated rings. The summed E-state index contributed by atoms with van der Waals surface area (Å²) in [6.07, 6.45) is 8.64. The van der Waals surface area contributed by atoms with Gasteiger partial charge in [-0.05, 0) is 25.7 Å². The van der Waals surface area contributed by atoms with Gasteiger partial charge in [0.15, 0.2) is 0 Å². The summed E-state index contributed by atoms with van der Waals surface area (Å²) in [4.78, 5) is 25.7. The number of amides is 2. The predicted octanol–water partition coefficient (Wildman–Crippen LogP) is 1.85. The SMILES string of the molecule is CC(=O)N(CCNC(=O)C1CCCO1)C1CCCCCC1. The fraction of sp³-hybridized carbons (Fsp3) is 0.875. The van der Waals surface area contributed by atoms with Gasteiger partial charge in [-0.2, -0.15) is 0 Å². The van der Waals surface area contributed by atoms with Gasteiger partial charge in [0.05, 0.1) is 0 Å². The van der Waals surface area contributed by atoms with Gasteiger partial charge in [0.25, 0.3) is 0 Å². The molecule has 1 saturated carbocycles. The molecule has 1 atom stereocenters. The Bertz CT molecular complexity index is 345. The first-order chi connectivity index (χ1) is 10.2. The predicted molar refractivity (Wildman–Crippen MR) is 80.9 cm³/mol. The molecule has 1 saturated heterocycles. The van der Waals surface area contributed by atoms with Crippen molar-refractivity contribution >= 4 is 11.8 Å². The van der Waals surface area contributed by atoms with Crippen molar-refractivity contribution in [3.05, 3.63) is 0 Å². The van der Waals surface area contributed by atoms with E-state index in [-0.39, 0.29) is 17.9 Å². The molecule has 1 heterocycles. The first-order valence-corrected chi connectivity index (χ1v) is 8.35. The van der Waals surface area contributed by atoms with Crippen LogP contribution in [-0.4, -0.2) is 48.6 Å². The van der Waals surface area contributed by atoms with Gasteiger partial charge in [-0.1, -0.05) is 25.7 Å². The summed E-state index contributed by atoms with van der Waals surface area (Å²) < 4.78 is 5.36. The summed E-state index contributed by atoms with van der Waals surface area (Å²) in [5.41, 5.74) is 0. The van der Waals surface area contributed by atoms with E-state index in [1.807, 2.05) is 4.90 Å². The van der Waals surface area contributed by atoms with E-state index < -0.39 is 0 Å². The fourth-order valence-electron chi connectivity index (χ4n) is 3.36. The normalized spacial score (nSPS) is 23.6. The topological polar surface area (TPSA) is 58.6 Å². The second kappa shape index (κ2) is 8.37. The third-order valence-electron chi connectivity index (χ3n) is 4.54. The molecule has 2 aliphatic rings. The molecule has 0 aromatic carbocycles. The molecule has 120 valence electrons. The van der Waals surface area contributed by atoms with Gasteiger partial charge in [0, 0.05) is 32.7 Å². The van der Waals surface area contributed by atoms with Crippen molar-refractivity contribution < 1.29 is 14.3 Å². The molecule has 0 aromatic rings. The number of rotatable bonds is 5. The third-order valence-corrected chi connectivity index (χ3v) is 4.54. The van der Waals surface area contributed by atoms with E-state index in [2.05, 4.69) is 5.32 Å². The van der Waals surface area contributed by atoms with Crippen LogP contribution in [0.25, 0.3) is 0 Å². The van der Waals surface area contributed by atoms with Crippen LogP contribution >= 0.6 is 0 Å². The van der Waals surface area contributed by atoms with Gasteiger partial charge < -0.3 is 15.0 Å². The summed E-state index contributed by atoms with van der Waals surface area (Å²) in [5.74, 6) is 0.0881. The van der Waals surface area contributed by atoms with Gasteiger partial charge in [-0.3, -0.25) is 9.59 Å². The van der Waals surface area contributed by atoms with Crippen LogP contribution in [0.15, 0.2) is 0 Å². The average molecular weight is 296 g/mol. The maximum Gasteiger partial charge on any atom is 0.249 e. The molecule has 2 rings (SSSR count). The Labute approximate surface area is 127 Å². The Morgan fingerprint density at radius 2 is 1.81 bits per heavy atom. The maximum absolute atomic E-state index is 11.9. The van der Waals surface area contributed by atoms with Gasteiger partial charge in [-0.25, -0.2) is 0 Å². The molecular formula is C16H28N2O3. The molecule has 0 aromatic heterocycles. The van der Waals surface area contributed by atoms with Crippen molar-refractivity contribution in [2.75, 3.05) is 19.7 Å². The van der Waals surface area contributed by atoms with Gasteiger partial charge in [0.1, 0.15) is 6.10 Å². The molecule has 5 nitrogen and oxygen atoms in total. The molecule has 21 heavy (non-hydrogen) atoms. The molecule has 5 heteroatoms. The molecule has 1 N–H and O–H groups in total. The van der Waals surface area contributed by atoms with E-state index in [1.165, 1.54) is 25.7 Å². The Morgan fingerprint density at radius 1 is 1.10 bits per heavy atom. The van der Waals surface area contributed by atoms with E-state index in [0.29, 0.717) is 25.7 Å². The highest BCUT2D eigenvalue weighted by Gasteiger charge is 2.25. The minimum atomic E-state index is -0.284. The molecule has 0 bridgehead atoms. The van der Waals surface area contributed by atoms with Crippen molar-refractivity contribution in [1.29, 1.82) is 0 Å². The number of hydrogen-bond acceptors (Lipinski definition) is 3. The number of nitrogens with zero attached hydrogens (tertiary/aromatic N) is 1. The summed E-state index contributed by atoms with van der Waals surface area (Å²) in [6, 6.07) is 0.352. The van der Waals surface area contributed by atoms with E-state index in [0.717, 1.165) is 25.7 Å². The van der Waals surface area contributed by atoms with Crippen molar-refractivity contribution in [2.24, 2.45) is 0 Å². The van der Waals surface area contributed by atoms with Crippen molar-refractivity contribution in [1.82, 2.24) is 10.2 Å². The highest BCUT2D eigenvalue weighted by Crippen LogP contribution is 2.21. The number of nitrogens with one attached hydrogen (secondary N) is 1. The van der Waals surface area contributed by atoms with Crippen LogP contribution in [-0.2, 0) is 14.3 Å². The lowest BCUT2D eigenvalue weighted by Gasteiger charge is -2.30. The minimum absolute atomic E-state index is 0.0307. The monoisotopic (exact) mass is 296 g/mol. The largest absolute Gasteiger partial charge is 0.368 e. The zero-order chi connectivity index (χ0) is 15.1. The minimum Gasteiger partial charge on any atom is -0.368 e. The first kappa shape index (κ1) is 16.3. The van der Waals surface area contributed by atoms with Crippen LogP contribution in [0, 0.1) is 0 Å². The average Bonchev–Trinajstić information content (AvgIpc) is 2.87. The second-order valence-electron chi connectivity index (χ2n) is 6.15. The van der Waals surface area contributed by atoms with E-state index in [9.17, 15) is 9.59 Å². The number of carbonyl (C=O) groups excluding carboxylic acids is 2. The van der Waals surface area contributed by atoms with Gasteiger partial charge in [0.2, 0.25) is 11.8 Å². The maximum atomic E-state index is 11.9. The standard InChI is InChI=1S/C16H28N2O3/c1-13(19)18(14-7-4-2-3-5-8-14)11-10-17-16(20)15-9-6-12-21-15/h14-15H,2-12H2,1H3,(H,17,20). The molecule has 1 aliphatic carbocycles. The molecule has 0 spiro atoms. The molecule has 0 radical (unpaired) electrons. The van der Waals surface area contributed by atoms with Crippen molar-refractivity contribution in [3.8, 4) is 0 Å². The van der Waals surface area contributed by atoms with Crippen molar-refractivity contribution in [2.45, 2.75) is 70.4 Å². The van der Waals surface area contributed by atoms with Crippen LogP contribution in [0.1, 0.15) is 58.3 Å². The van der Waals surface area contributed by atoms with E-state index in [1.54, 1.807) is 6.92 Å². The number of hydrogen-bond donors (Lipinski definition) is 1. The second-order valence-corrected chi connectivity index (χ2v) is 6.15. The Balaban J connectivity index is 1.76. The molecule has 1 unspecified atom stereocenters. The quantitative estimate of drug-likeness (QED) is 0.788. The number of ether oxygens (including phenoxy) is 1. The zero-order valence-electron chi connectivity index (χ0n) is 13.1. The molecule has 1 aliphatic heterocycles. The van der Waals surface area contributed by atoms with Crippen LogP contribution < -0.4 is 5.32 Å². The third kappa shape index (κ3) is 4.99. The summed E-state index contributed by atoms with van der Waals surface area (Å²) in [5, 5.41) is 2.91. The lowest BCUT2D eigenvalue weighted by molar-refractivity contribution is -0.133. The first-order valence-electron chi connectivity index (χ1n) is 8.35. The van der Waals surface area contributed by atoms with Crippen LogP contribution in [0.5, 0.6) is 0 Å². The van der Waals surface area contributed by atoms with Crippen molar-refractivity contribution in [3.63, 3.8) is 0 Å². The van der Waals surface area contributed by atoms with Crippen LogP contribution in [0.3, 0.4) is 0 Å². The Kier molecular flexibility index (Phi) is 6.49. The highest BCUT2D eigenvalue weighted by atomic mass is 16.5. The Morgan fingerprint density at radius 3 is 2.38 bits per heavy atom. The lowest BCUT2D eigenvalue weighted by atomic mass is 10.1. The molecule has 2 amide bonds. The highest BCUT2D eigenvalue weighted by molar-refractivity contribution is 5.81. The van der Waals surface area contributed by atoms with Crippen LogP contribution in [0.2, 0.25) is 0 Å². The van der Waals surface area contributed by atoms with E-state index in [4.69, 9.17) is 4.74 Å². The Hall–Kier alpha value is -1.10. The summed E-state index contributed by atoms with van der Waals surface area (Å²) in [6.45, 7) is 3.44. The lowest BCUT2D eigenvalue weighted by Crippen LogP contribution is -2.45.